The van der Waals surface area contributed by atoms with Crippen molar-refractivity contribution in [3.05, 3.63) is 30.0 Å². The highest BCUT2D eigenvalue weighted by Crippen LogP contribution is 2.49. The van der Waals surface area contributed by atoms with Crippen LogP contribution in [0.5, 0.6) is 5.75 Å². The summed E-state index contributed by atoms with van der Waals surface area (Å²) in [7, 11) is 0.916. The summed E-state index contributed by atoms with van der Waals surface area (Å²) in [6, 6.07) is 6.73. The fourth-order valence-electron chi connectivity index (χ4n) is 2.04. The summed E-state index contributed by atoms with van der Waals surface area (Å²) in [5, 5.41) is 14.7. The van der Waals surface area contributed by atoms with Crippen molar-refractivity contribution in [3.8, 4) is 17.0 Å². The average Bonchev–Trinajstić information content (AvgIpc) is 2.75. The molecule has 2 rings (SSSR count). The van der Waals surface area contributed by atoms with Crippen LogP contribution in [-0.2, 0) is 20.7 Å². The Labute approximate surface area is 117 Å². The predicted octanol–water partition coefficient (Wildman–Crippen LogP) is 2.21. The molecule has 0 unspecified atom stereocenters. The van der Waals surface area contributed by atoms with E-state index in [4.69, 9.17) is 9.05 Å². The molecule has 0 fully saturated rings. The number of aromatic nitrogens is 2. The maximum atomic E-state index is 12.7. The normalized spacial score (nSPS) is 11.8. The molecular formula is C13H17N2O4P. The van der Waals surface area contributed by atoms with Gasteiger partial charge in [-0.25, -0.2) is 0 Å². The Morgan fingerprint density at radius 2 is 1.85 bits per heavy atom. The molecule has 0 saturated carbocycles. The highest BCUT2D eigenvalue weighted by molar-refractivity contribution is 7.62. The molecule has 0 amide bonds. The van der Waals surface area contributed by atoms with E-state index in [-0.39, 0.29) is 5.75 Å². The molecule has 6 nitrogen and oxygen atoms in total. The van der Waals surface area contributed by atoms with Gasteiger partial charge in [-0.15, -0.1) is 0 Å². The quantitative estimate of drug-likeness (QED) is 0.876. The zero-order valence-electron chi connectivity index (χ0n) is 11.8. The van der Waals surface area contributed by atoms with E-state index in [0.29, 0.717) is 22.3 Å². The molecular weight excluding hydrogens is 279 g/mol. The molecule has 1 heterocycles. The highest BCUT2D eigenvalue weighted by atomic mass is 31.2. The Morgan fingerprint density at radius 3 is 2.40 bits per heavy atom. The van der Waals surface area contributed by atoms with Crippen molar-refractivity contribution in [1.29, 1.82) is 0 Å². The lowest BCUT2D eigenvalue weighted by atomic mass is 10.1. The summed E-state index contributed by atoms with van der Waals surface area (Å²) >= 11 is 0. The van der Waals surface area contributed by atoms with Crippen molar-refractivity contribution in [2.45, 2.75) is 6.92 Å². The standard InChI is InChI=1S/C13H17N2O4P/c1-9-13(20(17,18-3)19-4)12(14-15(9)2)10-7-5-6-8-11(10)16/h5-8,16H,1-4H3. The van der Waals surface area contributed by atoms with Crippen molar-refractivity contribution in [2.75, 3.05) is 14.2 Å². The monoisotopic (exact) mass is 296 g/mol. The summed E-state index contributed by atoms with van der Waals surface area (Å²) in [6.45, 7) is 1.77. The molecule has 108 valence electrons. The Morgan fingerprint density at radius 1 is 1.25 bits per heavy atom. The van der Waals surface area contributed by atoms with Crippen LogP contribution in [0, 0.1) is 6.92 Å². The first kappa shape index (κ1) is 14.8. The maximum absolute atomic E-state index is 12.7. The molecule has 0 aliphatic rings. The Bertz CT molecular complexity index is 673. The largest absolute Gasteiger partial charge is 0.507 e. The summed E-state index contributed by atoms with van der Waals surface area (Å²) in [5.41, 5.74) is 1.55. The molecule has 0 spiro atoms. The van der Waals surface area contributed by atoms with Gasteiger partial charge in [-0.05, 0) is 19.1 Å². The van der Waals surface area contributed by atoms with E-state index in [1.165, 1.54) is 14.2 Å². The summed E-state index contributed by atoms with van der Waals surface area (Å²) in [4.78, 5) is 0. The highest BCUT2D eigenvalue weighted by Gasteiger charge is 2.34. The molecule has 1 N–H and O–H groups in total. The van der Waals surface area contributed by atoms with Crippen LogP contribution in [0.15, 0.2) is 24.3 Å². The molecule has 0 saturated heterocycles. The second-order valence-electron chi connectivity index (χ2n) is 4.29. The van der Waals surface area contributed by atoms with E-state index in [9.17, 15) is 9.67 Å². The van der Waals surface area contributed by atoms with Crippen LogP contribution in [-0.4, -0.2) is 29.1 Å². The van der Waals surface area contributed by atoms with Crippen LogP contribution in [0.4, 0.5) is 0 Å². The summed E-state index contributed by atoms with van der Waals surface area (Å²) in [6.07, 6.45) is 0. The lowest BCUT2D eigenvalue weighted by Gasteiger charge is -2.15. The van der Waals surface area contributed by atoms with E-state index < -0.39 is 7.60 Å². The van der Waals surface area contributed by atoms with Gasteiger partial charge in [0.2, 0.25) is 0 Å². The second kappa shape index (κ2) is 5.40. The number of phenolic OH excluding ortho intramolecular Hbond substituents is 1. The molecule has 0 aliphatic heterocycles. The fraction of sp³-hybridized carbons (Fsp3) is 0.308. The number of hydrogen-bond donors (Lipinski definition) is 1. The number of aryl methyl sites for hydroxylation is 1. The smallest absolute Gasteiger partial charge is 0.364 e. The van der Waals surface area contributed by atoms with Gasteiger partial charge in [0.05, 0.1) is 5.69 Å². The molecule has 0 atom stereocenters. The predicted molar refractivity (Wildman–Crippen MR) is 76.3 cm³/mol. The summed E-state index contributed by atoms with van der Waals surface area (Å²) in [5.74, 6) is 0.0607. The van der Waals surface area contributed by atoms with Gasteiger partial charge in [0.1, 0.15) is 16.7 Å². The van der Waals surface area contributed by atoms with Crippen molar-refractivity contribution >= 4 is 12.9 Å². The number of nitrogens with zero attached hydrogens (tertiary/aromatic N) is 2. The molecule has 0 radical (unpaired) electrons. The fourth-order valence-corrected chi connectivity index (χ4v) is 3.52. The topological polar surface area (TPSA) is 73.6 Å². The number of hydrogen-bond acceptors (Lipinski definition) is 5. The van der Waals surface area contributed by atoms with Crippen LogP contribution >= 0.6 is 7.60 Å². The minimum absolute atomic E-state index is 0.0607. The second-order valence-corrected chi connectivity index (χ2v) is 6.46. The van der Waals surface area contributed by atoms with Gasteiger partial charge < -0.3 is 14.2 Å². The van der Waals surface area contributed by atoms with Gasteiger partial charge in [0.15, 0.2) is 0 Å². The number of aromatic hydroxyl groups is 1. The zero-order valence-corrected chi connectivity index (χ0v) is 12.7. The lowest BCUT2D eigenvalue weighted by molar-refractivity contribution is 0.287. The third kappa shape index (κ3) is 2.26. The van der Waals surface area contributed by atoms with Crippen molar-refractivity contribution in [2.24, 2.45) is 7.05 Å². The third-order valence-electron chi connectivity index (χ3n) is 3.22. The molecule has 1 aromatic carbocycles. The molecule has 0 bridgehead atoms. The van der Waals surface area contributed by atoms with E-state index in [1.807, 2.05) is 0 Å². The molecule has 0 aliphatic carbocycles. The average molecular weight is 296 g/mol. The molecule has 2 aromatic rings. The molecule has 20 heavy (non-hydrogen) atoms. The number of benzene rings is 1. The Hall–Kier alpha value is -1.62. The Balaban J connectivity index is 2.77. The number of para-hydroxylation sites is 1. The van der Waals surface area contributed by atoms with E-state index in [0.717, 1.165) is 0 Å². The van der Waals surface area contributed by atoms with Gasteiger partial charge >= 0.3 is 7.60 Å². The number of rotatable bonds is 4. The molecule has 1 aromatic heterocycles. The first-order valence-corrected chi connectivity index (χ1v) is 7.53. The van der Waals surface area contributed by atoms with Crippen LogP contribution in [0.25, 0.3) is 11.3 Å². The maximum Gasteiger partial charge on any atom is 0.364 e. The Kier molecular flexibility index (Phi) is 3.99. The SMILES string of the molecule is COP(=O)(OC)c1c(-c2ccccc2O)nn(C)c1C. The first-order valence-electron chi connectivity index (χ1n) is 5.98. The van der Waals surface area contributed by atoms with Crippen molar-refractivity contribution < 1.29 is 18.7 Å². The van der Waals surface area contributed by atoms with Gasteiger partial charge in [0.25, 0.3) is 0 Å². The van der Waals surface area contributed by atoms with Crippen molar-refractivity contribution in [3.63, 3.8) is 0 Å². The number of phenols is 1. The summed E-state index contributed by atoms with van der Waals surface area (Å²) < 4.78 is 24.4. The van der Waals surface area contributed by atoms with Gasteiger partial charge in [-0.3, -0.25) is 9.25 Å². The van der Waals surface area contributed by atoms with Gasteiger partial charge in [0, 0.05) is 26.8 Å². The van der Waals surface area contributed by atoms with Crippen LogP contribution < -0.4 is 5.30 Å². The van der Waals surface area contributed by atoms with Crippen LogP contribution in [0.1, 0.15) is 5.69 Å². The molecule has 7 heteroatoms. The lowest BCUT2D eigenvalue weighted by Crippen LogP contribution is -2.13. The van der Waals surface area contributed by atoms with Gasteiger partial charge in [-0.2, -0.15) is 5.10 Å². The van der Waals surface area contributed by atoms with E-state index in [1.54, 1.807) is 42.9 Å². The minimum atomic E-state index is -3.47. The first-order chi connectivity index (χ1) is 9.44. The third-order valence-corrected chi connectivity index (χ3v) is 5.26. The van der Waals surface area contributed by atoms with Crippen LogP contribution in [0.3, 0.4) is 0 Å². The van der Waals surface area contributed by atoms with E-state index in [2.05, 4.69) is 5.10 Å². The van der Waals surface area contributed by atoms with Gasteiger partial charge in [-0.1, -0.05) is 12.1 Å². The van der Waals surface area contributed by atoms with Crippen molar-refractivity contribution in [1.82, 2.24) is 9.78 Å². The zero-order chi connectivity index (χ0) is 14.9. The van der Waals surface area contributed by atoms with Crippen LogP contribution in [0.2, 0.25) is 0 Å². The van der Waals surface area contributed by atoms with E-state index >= 15 is 0 Å². The minimum Gasteiger partial charge on any atom is -0.507 e.